The Balaban J connectivity index is 1.83. The molecular weight excluding hydrogens is 226 g/mol. The zero-order chi connectivity index (χ0) is 12.8. The molecule has 2 rings (SSSR count). The minimum atomic E-state index is 0.337. The van der Waals surface area contributed by atoms with Crippen LogP contribution in [-0.4, -0.2) is 29.1 Å². The van der Waals surface area contributed by atoms with Crippen molar-refractivity contribution in [2.24, 2.45) is 11.7 Å². The van der Waals surface area contributed by atoms with Gasteiger partial charge in [-0.1, -0.05) is 6.42 Å². The molecule has 1 aliphatic carbocycles. The van der Waals surface area contributed by atoms with Crippen LogP contribution in [0.4, 0.5) is 11.6 Å². The zero-order valence-electron chi connectivity index (χ0n) is 11.0. The predicted molar refractivity (Wildman–Crippen MR) is 74.6 cm³/mol. The summed E-state index contributed by atoms with van der Waals surface area (Å²) in [5.41, 5.74) is 5.53. The van der Waals surface area contributed by atoms with Gasteiger partial charge in [-0.25, -0.2) is 9.97 Å². The van der Waals surface area contributed by atoms with E-state index in [1.807, 2.05) is 6.07 Å². The van der Waals surface area contributed by atoms with E-state index in [1.165, 1.54) is 19.3 Å². The SMILES string of the molecule is CC(CCN)Nc1cc(NCC2CCC2)ncn1. The Morgan fingerprint density at radius 2 is 2.17 bits per heavy atom. The summed E-state index contributed by atoms with van der Waals surface area (Å²) in [7, 11) is 0. The lowest BCUT2D eigenvalue weighted by molar-refractivity contribution is 0.333. The molecule has 100 valence electrons. The average Bonchev–Trinajstić information content (AvgIpc) is 2.27. The molecule has 0 aromatic carbocycles. The zero-order valence-corrected chi connectivity index (χ0v) is 11.0. The third-order valence-corrected chi connectivity index (χ3v) is 3.46. The van der Waals surface area contributed by atoms with E-state index in [9.17, 15) is 0 Å². The number of aromatic nitrogens is 2. The molecular formula is C13H23N5. The van der Waals surface area contributed by atoms with Crippen molar-refractivity contribution in [1.82, 2.24) is 9.97 Å². The molecule has 1 aromatic heterocycles. The van der Waals surface area contributed by atoms with E-state index >= 15 is 0 Å². The van der Waals surface area contributed by atoms with Crippen molar-refractivity contribution in [3.05, 3.63) is 12.4 Å². The van der Waals surface area contributed by atoms with Crippen LogP contribution in [0.3, 0.4) is 0 Å². The summed E-state index contributed by atoms with van der Waals surface area (Å²) < 4.78 is 0. The monoisotopic (exact) mass is 249 g/mol. The summed E-state index contributed by atoms with van der Waals surface area (Å²) in [5, 5.41) is 6.70. The van der Waals surface area contributed by atoms with Gasteiger partial charge in [0.15, 0.2) is 0 Å². The van der Waals surface area contributed by atoms with Crippen molar-refractivity contribution in [3.63, 3.8) is 0 Å². The minimum Gasteiger partial charge on any atom is -0.370 e. The highest BCUT2D eigenvalue weighted by Gasteiger charge is 2.16. The maximum atomic E-state index is 5.53. The second kappa shape index (κ2) is 6.54. The number of rotatable bonds is 7. The van der Waals surface area contributed by atoms with Crippen molar-refractivity contribution in [1.29, 1.82) is 0 Å². The second-order valence-corrected chi connectivity index (χ2v) is 5.09. The Morgan fingerprint density at radius 3 is 2.83 bits per heavy atom. The van der Waals surface area contributed by atoms with Gasteiger partial charge in [0, 0.05) is 18.7 Å². The van der Waals surface area contributed by atoms with Crippen LogP contribution in [0.1, 0.15) is 32.6 Å². The molecule has 0 saturated heterocycles. The molecule has 1 unspecified atom stereocenters. The summed E-state index contributed by atoms with van der Waals surface area (Å²) in [6, 6.07) is 2.30. The van der Waals surface area contributed by atoms with Crippen LogP contribution in [0.5, 0.6) is 0 Å². The third kappa shape index (κ3) is 3.84. The van der Waals surface area contributed by atoms with E-state index < -0.39 is 0 Å². The van der Waals surface area contributed by atoms with Crippen LogP contribution in [0.25, 0.3) is 0 Å². The van der Waals surface area contributed by atoms with Gasteiger partial charge in [-0.3, -0.25) is 0 Å². The van der Waals surface area contributed by atoms with E-state index in [1.54, 1.807) is 6.33 Å². The Bertz CT molecular complexity index is 364. The topological polar surface area (TPSA) is 75.9 Å². The van der Waals surface area contributed by atoms with Crippen molar-refractivity contribution >= 4 is 11.6 Å². The molecule has 0 spiro atoms. The first-order valence-electron chi connectivity index (χ1n) is 6.80. The highest BCUT2D eigenvalue weighted by molar-refractivity contribution is 5.46. The molecule has 1 aromatic rings. The van der Waals surface area contributed by atoms with E-state index in [0.29, 0.717) is 12.6 Å². The fourth-order valence-electron chi connectivity index (χ4n) is 2.05. The van der Waals surface area contributed by atoms with Gasteiger partial charge in [0.05, 0.1) is 0 Å². The molecule has 1 atom stereocenters. The summed E-state index contributed by atoms with van der Waals surface area (Å²) in [5.74, 6) is 2.59. The fraction of sp³-hybridized carbons (Fsp3) is 0.692. The largest absolute Gasteiger partial charge is 0.370 e. The van der Waals surface area contributed by atoms with Gasteiger partial charge in [0.25, 0.3) is 0 Å². The van der Waals surface area contributed by atoms with E-state index in [4.69, 9.17) is 5.73 Å². The molecule has 1 heterocycles. The number of nitrogens with zero attached hydrogens (tertiary/aromatic N) is 2. The number of anilines is 2. The van der Waals surface area contributed by atoms with Gasteiger partial charge in [-0.15, -0.1) is 0 Å². The minimum absolute atomic E-state index is 0.337. The number of nitrogens with one attached hydrogen (secondary N) is 2. The van der Waals surface area contributed by atoms with E-state index in [2.05, 4.69) is 27.5 Å². The molecule has 4 N–H and O–H groups in total. The molecule has 1 fully saturated rings. The summed E-state index contributed by atoms with van der Waals surface area (Å²) in [6.07, 6.45) is 6.60. The van der Waals surface area contributed by atoms with E-state index in [0.717, 1.165) is 30.5 Å². The number of hydrogen-bond acceptors (Lipinski definition) is 5. The molecule has 0 bridgehead atoms. The lowest BCUT2D eigenvalue weighted by atomic mass is 9.85. The Hall–Kier alpha value is -1.36. The van der Waals surface area contributed by atoms with Gasteiger partial charge in [0.1, 0.15) is 18.0 Å². The first-order chi connectivity index (χ1) is 8.78. The number of nitrogens with two attached hydrogens (primary N) is 1. The van der Waals surface area contributed by atoms with Crippen LogP contribution < -0.4 is 16.4 Å². The smallest absolute Gasteiger partial charge is 0.131 e. The Morgan fingerprint density at radius 1 is 1.39 bits per heavy atom. The lowest BCUT2D eigenvalue weighted by Crippen LogP contribution is -2.22. The fourth-order valence-corrected chi connectivity index (χ4v) is 2.05. The highest BCUT2D eigenvalue weighted by Crippen LogP contribution is 2.26. The van der Waals surface area contributed by atoms with Crippen molar-refractivity contribution in [2.75, 3.05) is 23.7 Å². The average molecular weight is 249 g/mol. The first kappa shape index (κ1) is 13.1. The quantitative estimate of drug-likeness (QED) is 0.687. The van der Waals surface area contributed by atoms with Gasteiger partial charge >= 0.3 is 0 Å². The molecule has 5 heteroatoms. The van der Waals surface area contributed by atoms with Gasteiger partial charge < -0.3 is 16.4 Å². The van der Waals surface area contributed by atoms with Crippen molar-refractivity contribution < 1.29 is 0 Å². The standard InChI is InChI=1S/C13H23N5/c1-10(5-6-14)18-13-7-12(16-9-17-13)15-8-11-3-2-4-11/h7,9-11H,2-6,8,14H2,1H3,(H2,15,16,17,18). The van der Waals surface area contributed by atoms with Crippen LogP contribution in [0.2, 0.25) is 0 Å². The van der Waals surface area contributed by atoms with Gasteiger partial charge in [-0.2, -0.15) is 0 Å². The van der Waals surface area contributed by atoms with Crippen LogP contribution in [-0.2, 0) is 0 Å². The van der Waals surface area contributed by atoms with Gasteiger partial charge in [0.2, 0.25) is 0 Å². The number of hydrogen-bond donors (Lipinski definition) is 3. The summed E-state index contributed by atoms with van der Waals surface area (Å²) in [4.78, 5) is 8.46. The van der Waals surface area contributed by atoms with Crippen LogP contribution in [0, 0.1) is 5.92 Å². The molecule has 0 radical (unpaired) electrons. The van der Waals surface area contributed by atoms with Crippen LogP contribution in [0.15, 0.2) is 12.4 Å². The summed E-state index contributed by atoms with van der Waals surface area (Å²) >= 11 is 0. The first-order valence-corrected chi connectivity index (χ1v) is 6.80. The maximum absolute atomic E-state index is 5.53. The van der Waals surface area contributed by atoms with E-state index in [-0.39, 0.29) is 0 Å². The molecule has 1 saturated carbocycles. The summed E-state index contributed by atoms with van der Waals surface area (Å²) in [6.45, 7) is 3.82. The molecule has 18 heavy (non-hydrogen) atoms. The predicted octanol–water partition coefficient (Wildman–Crippen LogP) is 1.84. The van der Waals surface area contributed by atoms with Crippen molar-refractivity contribution in [3.8, 4) is 0 Å². The molecule has 0 aliphatic heterocycles. The van der Waals surface area contributed by atoms with Crippen LogP contribution >= 0.6 is 0 Å². The van der Waals surface area contributed by atoms with Crippen molar-refractivity contribution in [2.45, 2.75) is 38.6 Å². The Labute approximate surface area is 109 Å². The lowest BCUT2D eigenvalue weighted by Gasteiger charge is -2.25. The second-order valence-electron chi connectivity index (χ2n) is 5.09. The highest BCUT2D eigenvalue weighted by atomic mass is 15.1. The van der Waals surface area contributed by atoms with Gasteiger partial charge in [-0.05, 0) is 38.6 Å². The third-order valence-electron chi connectivity index (χ3n) is 3.46. The molecule has 5 nitrogen and oxygen atoms in total. The molecule has 0 amide bonds. The maximum Gasteiger partial charge on any atom is 0.131 e. The normalized spacial score (nSPS) is 17.0. The Kier molecular flexibility index (Phi) is 4.75. The molecule has 1 aliphatic rings.